The lowest BCUT2D eigenvalue weighted by Gasteiger charge is -2.06. The first-order valence-electron chi connectivity index (χ1n) is 6.72. The Balaban J connectivity index is 2.08. The average Bonchev–Trinajstić information content (AvgIpc) is 3.07. The summed E-state index contributed by atoms with van der Waals surface area (Å²) in [4.78, 5) is 16.0. The quantitative estimate of drug-likeness (QED) is 0.550. The Bertz CT molecular complexity index is 605. The lowest BCUT2D eigenvalue weighted by Crippen LogP contribution is -2.13. The summed E-state index contributed by atoms with van der Waals surface area (Å²) in [6.07, 6.45) is 3.54. The molecule has 0 aliphatic heterocycles. The van der Waals surface area contributed by atoms with Crippen LogP contribution in [0.15, 0.2) is 12.5 Å². The van der Waals surface area contributed by atoms with Gasteiger partial charge in [-0.3, -0.25) is 0 Å². The first-order chi connectivity index (χ1) is 10.2. The molecule has 0 bridgehead atoms. The van der Waals surface area contributed by atoms with Gasteiger partial charge in [-0.1, -0.05) is 5.21 Å². The Labute approximate surface area is 122 Å². The van der Waals surface area contributed by atoms with Gasteiger partial charge in [-0.25, -0.2) is 14.5 Å². The SMILES string of the molecule is CCn1cncc1Cn1nnc(C(=O)OCCOC)c1C. The molecule has 0 atom stereocenters. The maximum absolute atomic E-state index is 11.9. The van der Waals surface area contributed by atoms with Crippen molar-refractivity contribution >= 4 is 5.97 Å². The number of ether oxygens (including phenoxy) is 2. The summed E-state index contributed by atoms with van der Waals surface area (Å²) >= 11 is 0. The predicted molar refractivity (Wildman–Crippen MR) is 73.9 cm³/mol. The largest absolute Gasteiger partial charge is 0.458 e. The van der Waals surface area contributed by atoms with Crippen LogP contribution in [0.1, 0.15) is 28.8 Å². The van der Waals surface area contributed by atoms with E-state index in [1.165, 1.54) is 0 Å². The second kappa shape index (κ2) is 6.98. The number of nitrogens with zero attached hydrogens (tertiary/aromatic N) is 5. The van der Waals surface area contributed by atoms with E-state index in [1.807, 2.05) is 11.5 Å². The maximum Gasteiger partial charge on any atom is 0.360 e. The molecule has 0 fully saturated rings. The molecule has 2 aromatic rings. The Kier molecular flexibility index (Phi) is 5.04. The normalized spacial score (nSPS) is 10.8. The van der Waals surface area contributed by atoms with Crippen molar-refractivity contribution in [2.24, 2.45) is 0 Å². The fourth-order valence-electron chi connectivity index (χ4n) is 1.90. The number of aromatic nitrogens is 5. The number of imidazole rings is 1. The van der Waals surface area contributed by atoms with Crippen molar-refractivity contribution in [2.75, 3.05) is 20.3 Å². The van der Waals surface area contributed by atoms with Gasteiger partial charge < -0.3 is 14.0 Å². The number of hydrogen-bond acceptors (Lipinski definition) is 6. The van der Waals surface area contributed by atoms with Crippen LogP contribution in [-0.4, -0.2) is 50.8 Å². The average molecular weight is 293 g/mol. The molecule has 21 heavy (non-hydrogen) atoms. The van der Waals surface area contributed by atoms with Crippen LogP contribution in [0.4, 0.5) is 0 Å². The van der Waals surface area contributed by atoms with Gasteiger partial charge >= 0.3 is 5.97 Å². The molecular formula is C13H19N5O3. The van der Waals surface area contributed by atoms with Crippen LogP contribution < -0.4 is 0 Å². The number of esters is 1. The van der Waals surface area contributed by atoms with Gasteiger partial charge in [-0.15, -0.1) is 5.10 Å². The zero-order valence-corrected chi connectivity index (χ0v) is 12.4. The molecular weight excluding hydrogens is 274 g/mol. The first kappa shape index (κ1) is 15.2. The zero-order valence-electron chi connectivity index (χ0n) is 12.4. The van der Waals surface area contributed by atoms with E-state index in [0.717, 1.165) is 12.2 Å². The molecule has 0 aliphatic carbocycles. The van der Waals surface area contributed by atoms with Crippen LogP contribution in [0.5, 0.6) is 0 Å². The van der Waals surface area contributed by atoms with Gasteiger partial charge in [0.25, 0.3) is 0 Å². The van der Waals surface area contributed by atoms with Gasteiger partial charge in [0, 0.05) is 13.7 Å². The lowest BCUT2D eigenvalue weighted by atomic mass is 10.3. The molecule has 0 saturated heterocycles. The van der Waals surface area contributed by atoms with Gasteiger partial charge in [0.15, 0.2) is 5.69 Å². The van der Waals surface area contributed by atoms with Gasteiger partial charge in [0.2, 0.25) is 0 Å². The third-order valence-corrected chi connectivity index (χ3v) is 3.15. The monoisotopic (exact) mass is 293 g/mol. The summed E-state index contributed by atoms with van der Waals surface area (Å²) in [7, 11) is 1.55. The summed E-state index contributed by atoms with van der Waals surface area (Å²) < 4.78 is 13.6. The predicted octanol–water partition coefficient (Wildman–Crippen LogP) is 0.654. The molecule has 0 radical (unpaired) electrons. The van der Waals surface area contributed by atoms with E-state index in [1.54, 1.807) is 31.2 Å². The molecule has 2 aromatic heterocycles. The van der Waals surface area contributed by atoms with Crippen LogP contribution in [0.2, 0.25) is 0 Å². The number of carbonyl (C=O) groups excluding carboxylic acids is 1. The number of hydrogen-bond donors (Lipinski definition) is 0. The molecule has 2 rings (SSSR count). The molecule has 0 aromatic carbocycles. The summed E-state index contributed by atoms with van der Waals surface area (Å²) in [6.45, 7) is 5.73. The molecule has 8 nitrogen and oxygen atoms in total. The number of rotatable bonds is 7. The van der Waals surface area contributed by atoms with Crippen LogP contribution in [0.3, 0.4) is 0 Å². The summed E-state index contributed by atoms with van der Waals surface area (Å²) in [5.41, 5.74) is 1.90. The lowest BCUT2D eigenvalue weighted by molar-refractivity contribution is 0.0380. The highest BCUT2D eigenvalue weighted by Gasteiger charge is 2.18. The highest BCUT2D eigenvalue weighted by atomic mass is 16.6. The fraction of sp³-hybridized carbons (Fsp3) is 0.538. The van der Waals surface area contributed by atoms with Crippen molar-refractivity contribution in [2.45, 2.75) is 26.9 Å². The second-order valence-electron chi connectivity index (χ2n) is 4.48. The van der Waals surface area contributed by atoms with Crippen molar-refractivity contribution < 1.29 is 14.3 Å². The van der Waals surface area contributed by atoms with Gasteiger partial charge in [-0.05, 0) is 13.8 Å². The van der Waals surface area contributed by atoms with Crippen molar-refractivity contribution in [1.29, 1.82) is 0 Å². The molecule has 8 heteroatoms. The number of methoxy groups -OCH3 is 1. The molecule has 114 valence electrons. The molecule has 0 amide bonds. The van der Waals surface area contributed by atoms with E-state index >= 15 is 0 Å². The molecule has 0 saturated carbocycles. The Hall–Kier alpha value is -2.22. The summed E-state index contributed by atoms with van der Waals surface area (Å²) in [6, 6.07) is 0. The van der Waals surface area contributed by atoms with E-state index in [4.69, 9.17) is 9.47 Å². The minimum Gasteiger partial charge on any atom is -0.458 e. The van der Waals surface area contributed by atoms with Crippen molar-refractivity contribution in [1.82, 2.24) is 24.5 Å². The topological polar surface area (TPSA) is 84.1 Å². The summed E-state index contributed by atoms with van der Waals surface area (Å²) in [5, 5.41) is 7.91. The van der Waals surface area contributed by atoms with E-state index in [2.05, 4.69) is 15.3 Å². The molecule has 0 unspecified atom stereocenters. The van der Waals surface area contributed by atoms with Crippen LogP contribution >= 0.6 is 0 Å². The standard InChI is InChI=1S/C13H19N5O3/c1-4-17-9-14-7-11(17)8-18-10(2)12(15-16-18)13(19)21-6-5-20-3/h7,9H,4-6,8H2,1-3H3. The van der Waals surface area contributed by atoms with Crippen LogP contribution in [0, 0.1) is 6.92 Å². The Morgan fingerprint density at radius 2 is 2.19 bits per heavy atom. The first-order valence-corrected chi connectivity index (χ1v) is 6.72. The van der Waals surface area contributed by atoms with Gasteiger partial charge in [-0.2, -0.15) is 0 Å². The highest BCUT2D eigenvalue weighted by Crippen LogP contribution is 2.09. The van der Waals surface area contributed by atoms with Crippen LogP contribution in [-0.2, 0) is 22.6 Å². The molecule has 0 N–H and O–H groups in total. The molecule has 2 heterocycles. The minimum atomic E-state index is -0.486. The Morgan fingerprint density at radius 3 is 2.90 bits per heavy atom. The second-order valence-corrected chi connectivity index (χ2v) is 4.48. The molecule has 0 spiro atoms. The van der Waals surface area contributed by atoms with Crippen molar-refractivity contribution in [3.05, 3.63) is 29.6 Å². The van der Waals surface area contributed by atoms with Crippen LogP contribution in [0.25, 0.3) is 0 Å². The summed E-state index contributed by atoms with van der Waals surface area (Å²) in [5.74, 6) is -0.486. The molecule has 0 aliphatic rings. The third-order valence-electron chi connectivity index (χ3n) is 3.15. The number of aryl methyl sites for hydroxylation is 1. The van der Waals surface area contributed by atoms with E-state index in [0.29, 0.717) is 18.8 Å². The van der Waals surface area contributed by atoms with Crippen molar-refractivity contribution in [3.63, 3.8) is 0 Å². The zero-order chi connectivity index (χ0) is 15.2. The number of carbonyl (C=O) groups is 1. The Morgan fingerprint density at radius 1 is 1.38 bits per heavy atom. The maximum atomic E-state index is 11.9. The van der Waals surface area contributed by atoms with Gasteiger partial charge in [0.1, 0.15) is 6.61 Å². The van der Waals surface area contributed by atoms with Gasteiger partial charge in [0.05, 0.1) is 37.1 Å². The third kappa shape index (κ3) is 3.46. The fourth-order valence-corrected chi connectivity index (χ4v) is 1.90. The van der Waals surface area contributed by atoms with E-state index < -0.39 is 5.97 Å². The van der Waals surface area contributed by atoms with Crippen molar-refractivity contribution in [3.8, 4) is 0 Å². The van der Waals surface area contributed by atoms with E-state index in [9.17, 15) is 4.79 Å². The highest BCUT2D eigenvalue weighted by molar-refractivity contribution is 5.88. The van der Waals surface area contributed by atoms with E-state index in [-0.39, 0.29) is 12.3 Å². The smallest absolute Gasteiger partial charge is 0.360 e. The minimum absolute atomic E-state index is 0.199.